The largest absolute Gasteiger partial charge is 0.347 e. The third-order valence-electron chi connectivity index (χ3n) is 7.51. The van der Waals surface area contributed by atoms with Gasteiger partial charge in [-0.3, -0.25) is 14.8 Å². The number of benzene rings is 3. The Hall–Kier alpha value is -5.16. The van der Waals surface area contributed by atoms with Crippen LogP contribution in [0, 0.1) is 0 Å². The first-order chi connectivity index (χ1) is 21.5. The molecule has 0 bridgehead atoms. The number of imidazole rings is 1. The number of nitrogens with zero attached hydrogens (tertiary/aromatic N) is 5. The molecule has 2 aromatic heterocycles. The molecular formula is C33H36N8O3. The molecule has 4 N–H and O–H groups in total. The van der Waals surface area contributed by atoms with Crippen LogP contribution in [-0.4, -0.2) is 53.2 Å². The normalized spacial score (nSPS) is 11.7. The highest BCUT2D eigenvalue weighted by molar-refractivity contribution is 5.92. The van der Waals surface area contributed by atoms with Crippen molar-refractivity contribution in [2.24, 2.45) is 0 Å². The first-order valence-electron chi connectivity index (χ1n) is 14.8. The quantitative estimate of drug-likeness (QED) is 0.107. The van der Waals surface area contributed by atoms with Crippen LogP contribution in [0.15, 0.2) is 85.1 Å². The lowest BCUT2D eigenvalue weighted by Crippen LogP contribution is -2.39. The maximum absolute atomic E-state index is 13.4. The van der Waals surface area contributed by atoms with Gasteiger partial charge in [-0.25, -0.2) is 15.6 Å². The summed E-state index contributed by atoms with van der Waals surface area (Å²) in [6.07, 6.45) is 5.64. The first-order valence-corrected chi connectivity index (χ1v) is 14.8. The Kier molecular flexibility index (Phi) is 10.2. The number of aromatic amines is 1. The van der Waals surface area contributed by atoms with Crippen LogP contribution in [0.4, 0.5) is 0 Å². The van der Waals surface area contributed by atoms with Gasteiger partial charge in [-0.15, -0.1) is 5.10 Å². The van der Waals surface area contributed by atoms with Gasteiger partial charge in [0.1, 0.15) is 11.5 Å². The summed E-state index contributed by atoms with van der Waals surface area (Å²) in [5, 5.41) is 26.4. The van der Waals surface area contributed by atoms with Crippen LogP contribution >= 0.6 is 0 Å². The van der Waals surface area contributed by atoms with Crippen LogP contribution in [-0.2, 0) is 24.2 Å². The molecule has 0 fully saturated rings. The number of hydrogen-bond donors (Lipinski definition) is 4. The number of hydroxylamine groups is 1. The van der Waals surface area contributed by atoms with E-state index in [-0.39, 0.29) is 12.3 Å². The number of rotatable bonds is 14. The molecule has 0 spiro atoms. The minimum absolute atomic E-state index is 0.0408. The molecule has 0 aliphatic rings. The standard InChI is InChI=1S/C33H36N8O3/c1-2-3-13-30-35-29(33(43)34-26(20-31(42)38-44)19-16-23-9-5-4-6-10-23)22-41(30)21-24-14-17-25(18-15-24)27-11-7-8-12-28(27)32-36-39-40-37-32/h4-12,14-15,17-18,22,26,44H,2-3,13,16,19-21H2,1H3,(H,34,43)(H,38,42)(H,36,37,39,40)/t26-/m1/s1. The van der Waals surface area contributed by atoms with Crippen LogP contribution < -0.4 is 10.8 Å². The number of aryl methyl sites for hydroxylation is 2. The Labute approximate surface area is 255 Å². The lowest BCUT2D eigenvalue weighted by atomic mass is 9.98. The highest BCUT2D eigenvalue weighted by Crippen LogP contribution is 2.30. The van der Waals surface area contributed by atoms with Gasteiger partial charge < -0.3 is 9.88 Å². The zero-order valence-corrected chi connectivity index (χ0v) is 24.6. The van der Waals surface area contributed by atoms with E-state index in [0.717, 1.165) is 52.9 Å². The zero-order valence-electron chi connectivity index (χ0n) is 24.6. The van der Waals surface area contributed by atoms with Gasteiger partial charge >= 0.3 is 0 Å². The van der Waals surface area contributed by atoms with E-state index in [2.05, 4.69) is 57.1 Å². The van der Waals surface area contributed by atoms with E-state index in [1.165, 1.54) is 0 Å². The predicted molar refractivity (Wildman–Crippen MR) is 166 cm³/mol. The molecule has 0 radical (unpaired) electrons. The van der Waals surface area contributed by atoms with Crippen LogP contribution in [0.1, 0.15) is 60.0 Å². The molecule has 11 nitrogen and oxygen atoms in total. The second-order valence-corrected chi connectivity index (χ2v) is 10.7. The second-order valence-electron chi connectivity index (χ2n) is 10.7. The molecule has 44 heavy (non-hydrogen) atoms. The van der Waals surface area contributed by atoms with Gasteiger partial charge in [0, 0.05) is 37.2 Å². The van der Waals surface area contributed by atoms with Gasteiger partial charge in [0.25, 0.3) is 5.91 Å². The Morgan fingerprint density at radius 3 is 2.39 bits per heavy atom. The van der Waals surface area contributed by atoms with Crippen molar-refractivity contribution in [1.29, 1.82) is 0 Å². The molecule has 1 atom stereocenters. The fourth-order valence-corrected chi connectivity index (χ4v) is 5.18. The highest BCUT2D eigenvalue weighted by atomic mass is 16.5. The number of hydrogen-bond acceptors (Lipinski definition) is 7. The van der Waals surface area contributed by atoms with E-state index in [9.17, 15) is 9.59 Å². The average molecular weight is 593 g/mol. The van der Waals surface area contributed by atoms with Crippen molar-refractivity contribution >= 4 is 11.8 Å². The number of H-pyrrole nitrogens is 1. The molecule has 3 aromatic carbocycles. The van der Waals surface area contributed by atoms with Crippen LogP contribution in [0.25, 0.3) is 22.5 Å². The topological polar surface area (TPSA) is 151 Å². The minimum Gasteiger partial charge on any atom is -0.347 e. The smallest absolute Gasteiger partial charge is 0.271 e. The van der Waals surface area contributed by atoms with Crippen molar-refractivity contribution in [3.05, 3.63) is 108 Å². The molecule has 5 rings (SSSR count). The van der Waals surface area contributed by atoms with E-state index in [1.54, 1.807) is 11.7 Å². The van der Waals surface area contributed by atoms with E-state index < -0.39 is 11.9 Å². The summed E-state index contributed by atoms with van der Waals surface area (Å²) in [5.74, 6) is 0.534. The molecule has 0 unspecified atom stereocenters. The van der Waals surface area contributed by atoms with E-state index >= 15 is 0 Å². The first kappa shape index (κ1) is 30.3. The number of aromatic nitrogens is 6. The SMILES string of the molecule is CCCCc1nc(C(=O)N[C@H](CCc2ccccc2)CC(=O)NO)cn1Cc1ccc(-c2ccccc2-c2nnn[nH]2)cc1. The highest BCUT2D eigenvalue weighted by Gasteiger charge is 2.21. The zero-order chi connectivity index (χ0) is 30.7. The van der Waals surface area contributed by atoms with Crippen LogP contribution in [0.2, 0.25) is 0 Å². The molecule has 0 aliphatic heterocycles. The molecule has 226 valence electrons. The predicted octanol–water partition coefficient (Wildman–Crippen LogP) is 4.75. The van der Waals surface area contributed by atoms with Crippen molar-refractivity contribution in [2.45, 2.75) is 58.0 Å². The van der Waals surface area contributed by atoms with Crippen molar-refractivity contribution in [1.82, 2.24) is 41.0 Å². The molecule has 2 amide bonds. The summed E-state index contributed by atoms with van der Waals surface area (Å²) >= 11 is 0. The van der Waals surface area contributed by atoms with Crippen molar-refractivity contribution in [3.63, 3.8) is 0 Å². The summed E-state index contributed by atoms with van der Waals surface area (Å²) in [4.78, 5) is 30.0. The molecule has 11 heteroatoms. The summed E-state index contributed by atoms with van der Waals surface area (Å²) < 4.78 is 2.02. The third-order valence-corrected chi connectivity index (χ3v) is 7.51. The molecule has 0 saturated heterocycles. The summed E-state index contributed by atoms with van der Waals surface area (Å²) in [6.45, 7) is 2.67. The van der Waals surface area contributed by atoms with Crippen LogP contribution in [0.3, 0.4) is 0 Å². The molecular weight excluding hydrogens is 556 g/mol. The minimum atomic E-state index is -0.555. The van der Waals surface area contributed by atoms with Crippen LogP contribution in [0.5, 0.6) is 0 Å². The van der Waals surface area contributed by atoms with E-state index in [0.29, 0.717) is 30.9 Å². The fourth-order valence-electron chi connectivity index (χ4n) is 5.18. The Morgan fingerprint density at radius 2 is 1.68 bits per heavy atom. The van der Waals surface area contributed by atoms with E-state index in [4.69, 9.17) is 10.2 Å². The van der Waals surface area contributed by atoms with Gasteiger partial charge in [0.05, 0.1) is 0 Å². The Balaban J connectivity index is 1.32. The lowest BCUT2D eigenvalue weighted by Gasteiger charge is -2.17. The number of carbonyl (C=O) groups is 2. The Bertz CT molecular complexity index is 1650. The van der Waals surface area contributed by atoms with Gasteiger partial charge in [-0.05, 0) is 51.9 Å². The molecule has 2 heterocycles. The second kappa shape index (κ2) is 14.8. The molecule has 5 aromatic rings. The monoisotopic (exact) mass is 592 g/mol. The number of amides is 2. The maximum Gasteiger partial charge on any atom is 0.271 e. The number of tetrazole rings is 1. The van der Waals surface area contributed by atoms with Crippen molar-refractivity contribution in [2.75, 3.05) is 0 Å². The van der Waals surface area contributed by atoms with Gasteiger partial charge in [0.2, 0.25) is 5.91 Å². The van der Waals surface area contributed by atoms with Gasteiger partial charge in [-0.1, -0.05) is 92.2 Å². The summed E-state index contributed by atoms with van der Waals surface area (Å²) in [6, 6.07) is 25.6. The summed E-state index contributed by atoms with van der Waals surface area (Å²) in [7, 11) is 0. The number of carbonyl (C=O) groups excluding carboxylic acids is 2. The van der Waals surface area contributed by atoms with E-state index in [1.807, 2.05) is 59.2 Å². The number of unbranched alkanes of at least 4 members (excludes halogenated alkanes) is 1. The number of nitrogens with one attached hydrogen (secondary N) is 3. The molecule has 0 aliphatic carbocycles. The lowest BCUT2D eigenvalue weighted by molar-refractivity contribution is -0.129. The maximum atomic E-state index is 13.4. The van der Waals surface area contributed by atoms with Crippen molar-refractivity contribution < 1.29 is 14.8 Å². The summed E-state index contributed by atoms with van der Waals surface area (Å²) in [5.41, 5.74) is 7.10. The van der Waals surface area contributed by atoms with Gasteiger partial charge in [0.15, 0.2) is 5.82 Å². The Morgan fingerprint density at radius 1 is 0.932 bits per heavy atom. The third kappa shape index (κ3) is 7.81. The fraction of sp³-hybridized carbons (Fsp3) is 0.273. The van der Waals surface area contributed by atoms with Crippen molar-refractivity contribution in [3.8, 4) is 22.5 Å². The van der Waals surface area contributed by atoms with Gasteiger partial charge in [-0.2, -0.15) is 0 Å². The average Bonchev–Trinajstić information content (AvgIpc) is 3.74. The molecule has 0 saturated carbocycles.